The lowest BCUT2D eigenvalue weighted by atomic mass is 10.1. The number of benzene rings is 3. The third-order valence-electron chi connectivity index (χ3n) is 6.99. The van der Waals surface area contributed by atoms with Crippen molar-refractivity contribution in [3.63, 3.8) is 0 Å². The van der Waals surface area contributed by atoms with E-state index in [1.165, 1.54) is 41.7 Å². The summed E-state index contributed by atoms with van der Waals surface area (Å²) in [6.07, 6.45) is 2.56. The lowest BCUT2D eigenvalue weighted by molar-refractivity contribution is 0.0949. The average Bonchev–Trinajstić information content (AvgIpc) is 3.46. The van der Waals surface area contributed by atoms with Crippen molar-refractivity contribution in [3.05, 3.63) is 94.5 Å². The maximum absolute atomic E-state index is 13.2. The highest BCUT2D eigenvalue weighted by molar-refractivity contribution is 7.91. The van der Waals surface area contributed by atoms with E-state index in [9.17, 15) is 18.0 Å². The Kier molecular flexibility index (Phi) is 8.83. The number of rotatable bonds is 8. The molecule has 8 nitrogen and oxygen atoms in total. The van der Waals surface area contributed by atoms with Crippen LogP contribution in [0.25, 0.3) is 10.6 Å². The lowest BCUT2D eigenvalue weighted by Crippen LogP contribution is -2.23. The molecule has 0 unspecified atom stereocenters. The smallest absolute Gasteiger partial charge is 0.257 e. The summed E-state index contributed by atoms with van der Waals surface area (Å²) in [7, 11) is -3.94. The Morgan fingerprint density at radius 1 is 1.02 bits per heavy atom. The van der Waals surface area contributed by atoms with Crippen molar-refractivity contribution in [3.8, 4) is 22.4 Å². The number of nitrogens with one attached hydrogen (secondary N) is 2. The van der Waals surface area contributed by atoms with Crippen molar-refractivity contribution in [1.29, 1.82) is 0 Å². The van der Waals surface area contributed by atoms with Gasteiger partial charge in [-0.3, -0.25) is 9.59 Å². The molecule has 0 spiro atoms. The van der Waals surface area contributed by atoms with E-state index >= 15 is 0 Å². The van der Waals surface area contributed by atoms with Crippen molar-refractivity contribution in [1.82, 2.24) is 15.2 Å². The van der Waals surface area contributed by atoms with E-state index in [1.54, 1.807) is 18.3 Å². The van der Waals surface area contributed by atoms with Gasteiger partial charge in [-0.05, 0) is 55.6 Å². The highest BCUT2D eigenvalue weighted by Gasteiger charge is 2.31. The van der Waals surface area contributed by atoms with E-state index in [0.717, 1.165) is 47.1 Å². The zero-order valence-electron chi connectivity index (χ0n) is 23.3. The Morgan fingerprint density at radius 2 is 1.79 bits per heavy atom. The monoisotopic (exact) mass is 598 g/mol. The lowest BCUT2D eigenvalue weighted by Gasteiger charge is -2.15. The molecule has 0 radical (unpaired) electrons. The molecule has 0 saturated heterocycles. The van der Waals surface area contributed by atoms with Crippen molar-refractivity contribution in [2.24, 2.45) is 0 Å². The molecule has 10 heteroatoms. The van der Waals surface area contributed by atoms with Crippen molar-refractivity contribution < 1.29 is 18.0 Å². The summed E-state index contributed by atoms with van der Waals surface area (Å²) in [5, 5.41) is 6.32. The molecule has 0 atom stereocenters. The quantitative estimate of drug-likeness (QED) is 0.269. The van der Waals surface area contributed by atoms with E-state index in [0.29, 0.717) is 0 Å². The highest BCUT2D eigenvalue weighted by atomic mass is 32.2. The number of aromatic nitrogens is 1. The van der Waals surface area contributed by atoms with Crippen LogP contribution in [0.4, 0.5) is 5.69 Å². The fraction of sp³-hybridized carbons (Fsp3) is 0.219. The number of anilines is 1. The maximum Gasteiger partial charge on any atom is 0.257 e. The maximum atomic E-state index is 13.2. The summed E-state index contributed by atoms with van der Waals surface area (Å²) >= 11 is 1.47. The number of carbonyl (C=O) groups is 2. The molecule has 4 aromatic rings. The Labute approximate surface area is 249 Å². The number of hydrogen-bond donors (Lipinski definition) is 2. The van der Waals surface area contributed by atoms with Crippen molar-refractivity contribution >= 4 is 38.7 Å². The van der Waals surface area contributed by atoms with Gasteiger partial charge in [-0.25, -0.2) is 13.4 Å². The first-order valence-corrected chi connectivity index (χ1v) is 15.9. The van der Waals surface area contributed by atoms with Gasteiger partial charge < -0.3 is 15.5 Å². The zero-order valence-corrected chi connectivity index (χ0v) is 24.9. The van der Waals surface area contributed by atoms with Crippen molar-refractivity contribution in [2.45, 2.75) is 36.6 Å². The minimum Gasteiger partial charge on any atom is -0.347 e. The molecule has 1 aromatic heterocycles. The topological polar surface area (TPSA) is 108 Å². The fourth-order valence-corrected chi connectivity index (χ4v) is 7.06. The number of nitrogens with zero attached hydrogens (tertiary/aromatic N) is 2. The second-order valence-corrected chi connectivity index (χ2v) is 12.6. The van der Waals surface area contributed by atoms with E-state index in [4.69, 9.17) is 0 Å². The standard InChI is InChI=1S/C32H30N4O4S2/c1-3-36(4-2)18-8-7-9-22-12-14-23(15-13-22)32-34-21-25(41-32)20-33-30(37)24-16-17-29-27(19-24)35-31(38)26-10-5-6-11-28(26)42(29,39)40/h5-6,10-17,19,21H,3-4,8,18,20H2,1-2H3,(H,33,37)(H,35,38). The Bertz CT molecular complexity index is 1800. The summed E-state index contributed by atoms with van der Waals surface area (Å²) in [4.78, 5) is 33.2. The fourth-order valence-electron chi connectivity index (χ4n) is 4.61. The van der Waals surface area contributed by atoms with E-state index in [-0.39, 0.29) is 33.2 Å². The number of sulfone groups is 1. The molecule has 42 heavy (non-hydrogen) atoms. The first kappa shape index (κ1) is 29.2. The molecule has 214 valence electrons. The van der Waals surface area contributed by atoms with Crippen LogP contribution >= 0.6 is 11.3 Å². The number of amides is 2. The first-order chi connectivity index (χ1) is 20.3. The largest absolute Gasteiger partial charge is 0.347 e. The molecular formula is C32H30N4O4S2. The Morgan fingerprint density at radius 3 is 2.55 bits per heavy atom. The van der Waals surface area contributed by atoms with Gasteiger partial charge in [0.2, 0.25) is 9.84 Å². The van der Waals surface area contributed by atoms with Crippen LogP contribution in [-0.2, 0) is 16.4 Å². The number of fused-ring (bicyclic) bond motifs is 2. The van der Waals surface area contributed by atoms with Gasteiger partial charge in [0.25, 0.3) is 11.8 Å². The highest BCUT2D eigenvalue weighted by Crippen LogP contribution is 2.34. The average molecular weight is 599 g/mol. The van der Waals surface area contributed by atoms with Crippen LogP contribution in [0, 0.1) is 11.8 Å². The summed E-state index contributed by atoms with van der Waals surface area (Å²) in [5.41, 5.74) is 2.29. The van der Waals surface area contributed by atoms with E-state index in [1.807, 2.05) is 24.3 Å². The Balaban J connectivity index is 1.22. The van der Waals surface area contributed by atoms with E-state index < -0.39 is 21.7 Å². The van der Waals surface area contributed by atoms with Gasteiger partial charge in [-0.1, -0.05) is 50.0 Å². The van der Waals surface area contributed by atoms with Gasteiger partial charge in [0.15, 0.2) is 0 Å². The van der Waals surface area contributed by atoms with Gasteiger partial charge in [-0.2, -0.15) is 0 Å². The van der Waals surface area contributed by atoms with Crippen LogP contribution in [-0.4, -0.2) is 49.8 Å². The molecule has 2 N–H and O–H groups in total. The third-order valence-corrected chi connectivity index (χ3v) is 9.91. The van der Waals surface area contributed by atoms with Crippen LogP contribution in [0.15, 0.2) is 82.7 Å². The van der Waals surface area contributed by atoms with Crippen LogP contribution in [0.2, 0.25) is 0 Å². The molecule has 1 aliphatic heterocycles. The van der Waals surface area contributed by atoms with Gasteiger partial charge in [-0.15, -0.1) is 11.3 Å². The summed E-state index contributed by atoms with van der Waals surface area (Å²) in [6.45, 7) is 7.59. The van der Waals surface area contributed by atoms with Crippen LogP contribution in [0.5, 0.6) is 0 Å². The second kappa shape index (κ2) is 12.7. The molecule has 5 rings (SSSR count). The molecule has 0 bridgehead atoms. The molecule has 1 aliphatic rings. The van der Waals surface area contributed by atoms with Crippen LogP contribution in [0.1, 0.15) is 51.4 Å². The predicted molar refractivity (Wildman–Crippen MR) is 164 cm³/mol. The second-order valence-electron chi connectivity index (χ2n) is 9.64. The molecular weight excluding hydrogens is 569 g/mol. The normalized spacial score (nSPS) is 13.3. The Hall–Kier alpha value is -4.30. The summed E-state index contributed by atoms with van der Waals surface area (Å²) < 4.78 is 26.4. The first-order valence-electron chi connectivity index (χ1n) is 13.6. The van der Waals surface area contributed by atoms with Crippen LogP contribution < -0.4 is 10.6 Å². The zero-order chi connectivity index (χ0) is 29.7. The van der Waals surface area contributed by atoms with Gasteiger partial charge in [0, 0.05) is 40.7 Å². The summed E-state index contributed by atoms with van der Waals surface area (Å²) in [6, 6.07) is 18.2. The molecule has 3 aromatic carbocycles. The SMILES string of the molecule is CCN(CC)CCC#Cc1ccc(-c2ncc(CNC(=O)c3ccc4c(c3)NC(=O)c3ccccc3S4(=O)=O)s2)cc1. The summed E-state index contributed by atoms with van der Waals surface area (Å²) in [5.74, 6) is 5.52. The number of carbonyl (C=O) groups excluding carboxylic acids is 2. The molecule has 2 heterocycles. The van der Waals surface area contributed by atoms with Gasteiger partial charge in [0.05, 0.1) is 27.6 Å². The van der Waals surface area contributed by atoms with Gasteiger partial charge in [0.1, 0.15) is 5.01 Å². The van der Waals surface area contributed by atoms with E-state index in [2.05, 4.69) is 46.2 Å². The molecule has 0 fully saturated rings. The van der Waals surface area contributed by atoms with Crippen LogP contribution in [0.3, 0.4) is 0 Å². The minimum absolute atomic E-state index is 0.0546. The molecule has 0 aliphatic carbocycles. The number of hydrogen-bond acceptors (Lipinski definition) is 7. The molecule has 0 saturated carbocycles. The predicted octanol–water partition coefficient (Wildman–Crippen LogP) is 5.22. The molecule has 2 amide bonds. The van der Waals surface area contributed by atoms with Crippen molar-refractivity contribution in [2.75, 3.05) is 25.0 Å². The third kappa shape index (κ3) is 6.29. The minimum atomic E-state index is -3.94. The van der Waals surface area contributed by atoms with Gasteiger partial charge >= 0.3 is 0 Å². The number of thiazole rings is 1.